The number of halogens is 2. The molecule has 0 aliphatic rings. The van der Waals surface area contributed by atoms with Crippen molar-refractivity contribution >= 4 is 22.5 Å². The molecule has 4 nitrogen and oxygen atoms in total. The van der Waals surface area contributed by atoms with Gasteiger partial charge in [-0.15, -0.1) is 11.6 Å². The van der Waals surface area contributed by atoms with Crippen molar-refractivity contribution in [2.75, 3.05) is 19.6 Å². The van der Waals surface area contributed by atoms with Crippen LogP contribution in [0.1, 0.15) is 12.0 Å². The van der Waals surface area contributed by atoms with Crippen LogP contribution in [0.5, 0.6) is 23.0 Å². The van der Waals surface area contributed by atoms with Gasteiger partial charge in [0.2, 0.25) is 0 Å². The maximum atomic E-state index is 14.1. The van der Waals surface area contributed by atoms with Crippen LogP contribution in [0.3, 0.4) is 0 Å². The molecule has 0 amide bonds. The number of alkyl halides is 1. The maximum absolute atomic E-state index is 14.1. The number of hydrogen-bond acceptors (Lipinski definition) is 4. The number of benzene rings is 2. The lowest BCUT2D eigenvalue weighted by atomic mass is 10.1. The molecule has 0 aliphatic carbocycles. The molecule has 0 unspecified atom stereocenters. The number of pyridine rings is 1. The molecule has 0 fully saturated rings. The van der Waals surface area contributed by atoms with Crippen LogP contribution in [0.2, 0.25) is 0 Å². The van der Waals surface area contributed by atoms with E-state index >= 15 is 0 Å². The fourth-order valence-electron chi connectivity index (χ4n) is 2.53. The normalized spacial score (nSPS) is 10.8. The van der Waals surface area contributed by atoms with Crippen molar-refractivity contribution in [2.45, 2.75) is 13.3 Å². The zero-order valence-electron chi connectivity index (χ0n) is 14.6. The molecule has 0 N–H and O–H groups in total. The second kappa shape index (κ2) is 8.23. The standard InChI is InChI=1S/C20H19ClFNO3/c1-13-4-5-18(15(22)10-13)26-17-6-8-23-16-12-20(25-9-3-7-21)19(24-2)11-14(16)17/h4-6,8,10-12H,3,7,9H2,1-2H3. The minimum Gasteiger partial charge on any atom is -0.493 e. The van der Waals surface area contributed by atoms with E-state index in [1.165, 1.54) is 6.07 Å². The lowest BCUT2D eigenvalue weighted by Gasteiger charge is -2.14. The van der Waals surface area contributed by atoms with Crippen molar-refractivity contribution in [1.82, 2.24) is 4.98 Å². The van der Waals surface area contributed by atoms with Gasteiger partial charge in [0, 0.05) is 23.5 Å². The number of methoxy groups -OCH3 is 1. The van der Waals surface area contributed by atoms with Gasteiger partial charge >= 0.3 is 0 Å². The number of hydrogen-bond donors (Lipinski definition) is 0. The Bertz CT molecular complexity index is 917. The third-order valence-corrected chi connectivity index (χ3v) is 4.10. The van der Waals surface area contributed by atoms with Gasteiger partial charge in [-0.05, 0) is 43.2 Å². The molecule has 0 bridgehead atoms. The molecule has 3 aromatic rings. The minimum atomic E-state index is -0.414. The Morgan fingerprint density at radius 3 is 2.62 bits per heavy atom. The molecule has 0 aliphatic heterocycles. The summed E-state index contributed by atoms with van der Waals surface area (Å²) < 4.78 is 31.0. The van der Waals surface area contributed by atoms with Gasteiger partial charge in [-0.3, -0.25) is 4.98 Å². The monoisotopic (exact) mass is 375 g/mol. The van der Waals surface area contributed by atoms with Crippen molar-refractivity contribution in [3.05, 3.63) is 54.0 Å². The SMILES string of the molecule is COc1cc2c(Oc3ccc(C)cc3F)ccnc2cc1OCCCCl. The second-order valence-corrected chi connectivity index (χ2v) is 6.13. The number of nitrogens with zero attached hydrogens (tertiary/aromatic N) is 1. The van der Waals surface area contributed by atoms with Crippen molar-refractivity contribution in [2.24, 2.45) is 0 Å². The summed E-state index contributed by atoms with van der Waals surface area (Å²) in [5.41, 5.74) is 1.49. The summed E-state index contributed by atoms with van der Waals surface area (Å²) in [6, 6.07) is 10.1. The highest BCUT2D eigenvalue weighted by Crippen LogP contribution is 2.37. The van der Waals surface area contributed by atoms with Crippen molar-refractivity contribution in [3.8, 4) is 23.0 Å². The van der Waals surface area contributed by atoms with Gasteiger partial charge in [0.1, 0.15) is 5.75 Å². The molecule has 2 aromatic carbocycles. The van der Waals surface area contributed by atoms with Crippen LogP contribution in [0.4, 0.5) is 4.39 Å². The molecule has 6 heteroatoms. The number of fused-ring (bicyclic) bond motifs is 1. The van der Waals surface area contributed by atoms with E-state index < -0.39 is 5.82 Å². The molecule has 0 spiro atoms. The van der Waals surface area contributed by atoms with E-state index in [4.69, 9.17) is 25.8 Å². The Kier molecular flexibility index (Phi) is 5.78. The molecule has 3 rings (SSSR count). The average molecular weight is 376 g/mol. The number of aromatic nitrogens is 1. The Balaban J connectivity index is 1.98. The van der Waals surface area contributed by atoms with Crippen LogP contribution >= 0.6 is 11.6 Å². The molecule has 136 valence electrons. The first-order valence-electron chi connectivity index (χ1n) is 8.22. The molecular weight excluding hydrogens is 357 g/mol. The van der Waals surface area contributed by atoms with E-state index in [9.17, 15) is 4.39 Å². The highest BCUT2D eigenvalue weighted by molar-refractivity contribution is 6.17. The zero-order chi connectivity index (χ0) is 18.5. The van der Waals surface area contributed by atoms with E-state index in [1.54, 1.807) is 43.6 Å². The lowest BCUT2D eigenvalue weighted by molar-refractivity contribution is 0.295. The van der Waals surface area contributed by atoms with Gasteiger partial charge in [-0.25, -0.2) is 4.39 Å². The fraction of sp³-hybridized carbons (Fsp3) is 0.250. The van der Waals surface area contributed by atoms with Crippen LogP contribution in [0.15, 0.2) is 42.6 Å². The van der Waals surface area contributed by atoms with Crippen LogP contribution in [-0.2, 0) is 0 Å². The molecule has 0 saturated carbocycles. The summed E-state index contributed by atoms with van der Waals surface area (Å²) >= 11 is 5.69. The third kappa shape index (κ3) is 3.99. The Labute approximate surface area is 156 Å². The number of aryl methyl sites for hydroxylation is 1. The topological polar surface area (TPSA) is 40.6 Å². The Morgan fingerprint density at radius 1 is 1.04 bits per heavy atom. The van der Waals surface area contributed by atoms with Gasteiger partial charge in [0.15, 0.2) is 23.1 Å². The summed E-state index contributed by atoms with van der Waals surface area (Å²) in [6.45, 7) is 2.31. The third-order valence-electron chi connectivity index (χ3n) is 3.83. The van der Waals surface area contributed by atoms with Gasteiger partial charge in [-0.2, -0.15) is 0 Å². The van der Waals surface area contributed by atoms with Crippen molar-refractivity contribution in [1.29, 1.82) is 0 Å². The first kappa shape index (κ1) is 18.3. The highest BCUT2D eigenvalue weighted by atomic mass is 35.5. The van der Waals surface area contributed by atoms with Crippen LogP contribution in [0, 0.1) is 12.7 Å². The molecule has 0 atom stereocenters. The van der Waals surface area contributed by atoms with Gasteiger partial charge < -0.3 is 14.2 Å². The van der Waals surface area contributed by atoms with E-state index in [0.717, 1.165) is 12.0 Å². The van der Waals surface area contributed by atoms with Gasteiger partial charge in [0.05, 0.1) is 19.2 Å². The van der Waals surface area contributed by atoms with Gasteiger partial charge in [0.25, 0.3) is 0 Å². The summed E-state index contributed by atoms with van der Waals surface area (Å²) in [5.74, 6) is 1.88. The average Bonchev–Trinajstić information content (AvgIpc) is 2.64. The fourth-order valence-corrected chi connectivity index (χ4v) is 2.64. The molecule has 0 saturated heterocycles. The quantitative estimate of drug-likeness (QED) is 0.404. The maximum Gasteiger partial charge on any atom is 0.165 e. The first-order valence-corrected chi connectivity index (χ1v) is 8.75. The summed E-state index contributed by atoms with van der Waals surface area (Å²) in [4.78, 5) is 4.35. The van der Waals surface area contributed by atoms with Crippen molar-refractivity contribution < 1.29 is 18.6 Å². The highest BCUT2D eigenvalue weighted by Gasteiger charge is 2.13. The molecular formula is C20H19ClFNO3. The molecule has 1 aromatic heterocycles. The number of rotatable bonds is 7. The summed E-state index contributed by atoms with van der Waals surface area (Å²) in [5, 5.41) is 0.703. The zero-order valence-corrected chi connectivity index (χ0v) is 15.3. The second-order valence-electron chi connectivity index (χ2n) is 5.76. The predicted octanol–water partition coefficient (Wildman–Crippen LogP) is 5.49. The summed E-state index contributed by atoms with van der Waals surface area (Å²) in [7, 11) is 1.56. The van der Waals surface area contributed by atoms with Crippen LogP contribution < -0.4 is 14.2 Å². The Morgan fingerprint density at radius 2 is 1.88 bits per heavy atom. The molecule has 26 heavy (non-hydrogen) atoms. The lowest BCUT2D eigenvalue weighted by Crippen LogP contribution is -2.00. The minimum absolute atomic E-state index is 0.157. The van der Waals surface area contributed by atoms with Crippen LogP contribution in [0.25, 0.3) is 10.9 Å². The predicted molar refractivity (Wildman–Crippen MR) is 100 cm³/mol. The first-order chi connectivity index (χ1) is 12.6. The van der Waals surface area contributed by atoms with Crippen molar-refractivity contribution in [3.63, 3.8) is 0 Å². The smallest absolute Gasteiger partial charge is 0.165 e. The Hall–Kier alpha value is -2.53. The summed E-state index contributed by atoms with van der Waals surface area (Å²) in [6.07, 6.45) is 2.34. The molecule has 0 radical (unpaired) electrons. The van der Waals surface area contributed by atoms with E-state index in [0.29, 0.717) is 40.6 Å². The van der Waals surface area contributed by atoms with E-state index in [2.05, 4.69) is 4.98 Å². The van der Waals surface area contributed by atoms with E-state index in [1.807, 2.05) is 6.92 Å². The largest absolute Gasteiger partial charge is 0.493 e. The molecule has 1 heterocycles. The van der Waals surface area contributed by atoms with Crippen LogP contribution in [-0.4, -0.2) is 24.6 Å². The number of ether oxygens (including phenoxy) is 3. The van der Waals surface area contributed by atoms with Gasteiger partial charge in [-0.1, -0.05) is 6.07 Å². The van der Waals surface area contributed by atoms with E-state index in [-0.39, 0.29) is 5.75 Å².